The summed E-state index contributed by atoms with van der Waals surface area (Å²) in [7, 11) is 1.80. The van der Waals surface area contributed by atoms with Crippen LogP contribution in [0.5, 0.6) is 0 Å². The number of nitrogens with one attached hydrogen (secondary N) is 1. The molecule has 6 nitrogen and oxygen atoms in total. The van der Waals surface area contributed by atoms with E-state index in [0.29, 0.717) is 6.54 Å². The summed E-state index contributed by atoms with van der Waals surface area (Å²) in [6, 6.07) is 17.9. The number of carbonyl (C=O) groups is 1. The normalized spacial score (nSPS) is 15.8. The molecule has 0 aliphatic carbocycles. The van der Waals surface area contributed by atoms with Gasteiger partial charge >= 0.3 is 6.03 Å². The van der Waals surface area contributed by atoms with Gasteiger partial charge in [0.2, 0.25) is 0 Å². The molecule has 0 bridgehead atoms. The van der Waals surface area contributed by atoms with Gasteiger partial charge in [-0.1, -0.05) is 42.5 Å². The van der Waals surface area contributed by atoms with Gasteiger partial charge < -0.3 is 19.4 Å². The van der Waals surface area contributed by atoms with Gasteiger partial charge in [-0.15, -0.1) is 0 Å². The topological polar surface area (TPSA) is 58.0 Å². The summed E-state index contributed by atoms with van der Waals surface area (Å²) in [5.41, 5.74) is 3.22. The maximum Gasteiger partial charge on any atom is 0.318 e. The van der Waals surface area contributed by atoms with Crippen LogP contribution in [0.1, 0.15) is 29.9 Å². The molecule has 0 spiro atoms. The highest BCUT2D eigenvalue weighted by Gasteiger charge is 2.21. The summed E-state index contributed by atoms with van der Waals surface area (Å²) in [5.74, 6) is 0.779. The molecule has 2 amide bonds. The summed E-state index contributed by atoms with van der Waals surface area (Å²) in [6.45, 7) is 6.80. The Bertz CT molecular complexity index is 961. The number of fused-ring (bicyclic) bond motifs is 1. The molecule has 0 unspecified atom stereocenters. The first-order chi connectivity index (χ1) is 14.6. The summed E-state index contributed by atoms with van der Waals surface area (Å²) >= 11 is 0. The van der Waals surface area contributed by atoms with E-state index < -0.39 is 0 Å². The Morgan fingerprint density at radius 2 is 1.80 bits per heavy atom. The van der Waals surface area contributed by atoms with Crippen LogP contribution in [0.15, 0.2) is 59.0 Å². The Morgan fingerprint density at radius 1 is 1.10 bits per heavy atom. The Hall–Kier alpha value is -2.83. The lowest BCUT2D eigenvalue weighted by Crippen LogP contribution is -2.39. The van der Waals surface area contributed by atoms with Crippen LogP contribution in [-0.4, -0.2) is 49.2 Å². The average Bonchev–Trinajstić information content (AvgIpc) is 3.22. The number of amides is 2. The van der Waals surface area contributed by atoms with E-state index in [2.05, 4.69) is 28.4 Å². The molecule has 30 heavy (non-hydrogen) atoms. The molecule has 1 atom stereocenters. The molecule has 4 rings (SSSR count). The summed E-state index contributed by atoms with van der Waals surface area (Å²) in [4.78, 5) is 16.9. The van der Waals surface area contributed by atoms with E-state index in [9.17, 15) is 4.79 Å². The van der Waals surface area contributed by atoms with Gasteiger partial charge in [-0.3, -0.25) is 4.90 Å². The number of nitrogens with zero attached hydrogens (tertiary/aromatic N) is 2. The first-order valence-electron chi connectivity index (χ1n) is 10.5. The maximum atomic E-state index is 12.8. The summed E-state index contributed by atoms with van der Waals surface area (Å²) in [5, 5.41) is 4.11. The van der Waals surface area contributed by atoms with E-state index in [-0.39, 0.29) is 12.1 Å². The van der Waals surface area contributed by atoms with E-state index in [4.69, 9.17) is 9.15 Å². The van der Waals surface area contributed by atoms with Crippen molar-refractivity contribution < 1.29 is 13.9 Å². The van der Waals surface area contributed by atoms with Crippen molar-refractivity contribution in [2.24, 2.45) is 0 Å². The van der Waals surface area contributed by atoms with Gasteiger partial charge in [-0.05, 0) is 30.2 Å². The number of hydrogen-bond acceptors (Lipinski definition) is 4. The van der Waals surface area contributed by atoms with Gasteiger partial charge in [0.25, 0.3) is 0 Å². The van der Waals surface area contributed by atoms with Crippen molar-refractivity contribution in [1.29, 1.82) is 0 Å². The Morgan fingerprint density at radius 3 is 2.57 bits per heavy atom. The average molecular weight is 408 g/mol. The molecule has 0 saturated carbocycles. The molecule has 3 aromatic rings. The monoisotopic (exact) mass is 407 g/mol. The number of urea groups is 1. The largest absolute Gasteiger partial charge is 0.459 e. The molecular formula is C24H29N3O3. The van der Waals surface area contributed by atoms with Crippen LogP contribution < -0.4 is 5.32 Å². The van der Waals surface area contributed by atoms with E-state index >= 15 is 0 Å². The van der Waals surface area contributed by atoms with Crippen LogP contribution in [0.2, 0.25) is 0 Å². The van der Waals surface area contributed by atoms with Crippen molar-refractivity contribution >= 4 is 17.0 Å². The van der Waals surface area contributed by atoms with Crippen LogP contribution in [0.25, 0.3) is 11.0 Å². The molecular weight excluding hydrogens is 378 g/mol. The number of morpholine rings is 1. The number of ether oxygens (including phenoxy) is 1. The summed E-state index contributed by atoms with van der Waals surface area (Å²) in [6.07, 6.45) is 0. The molecule has 1 aromatic heterocycles. The molecule has 1 aliphatic rings. The van der Waals surface area contributed by atoms with Gasteiger partial charge in [0, 0.05) is 38.6 Å². The number of benzene rings is 2. The van der Waals surface area contributed by atoms with Crippen LogP contribution in [0, 0.1) is 0 Å². The van der Waals surface area contributed by atoms with Gasteiger partial charge in [0.15, 0.2) is 0 Å². The predicted octanol–water partition coefficient (Wildman–Crippen LogP) is 4.17. The second kappa shape index (κ2) is 9.32. The van der Waals surface area contributed by atoms with Gasteiger partial charge in [-0.25, -0.2) is 4.79 Å². The molecule has 1 saturated heterocycles. The van der Waals surface area contributed by atoms with E-state index in [1.807, 2.05) is 43.3 Å². The van der Waals surface area contributed by atoms with Crippen molar-refractivity contribution in [2.45, 2.75) is 26.1 Å². The van der Waals surface area contributed by atoms with Crippen molar-refractivity contribution in [3.05, 3.63) is 71.5 Å². The predicted molar refractivity (Wildman–Crippen MR) is 117 cm³/mol. The first-order valence-corrected chi connectivity index (χ1v) is 10.5. The third kappa shape index (κ3) is 4.66. The lowest BCUT2D eigenvalue weighted by atomic mass is 10.1. The quantitative estimate of drug-likeness (QED) is 0.666. The maximum absolute atomic E-state index is 12.8. The second-order valence-corrected chi connectivity index (χ2v) is 7.79. The molecule has 1 fully saturated rings. The number of para-hydroxylation sites is 1. The molecule has 2 aromatic carbocycles. The zero-order valence-corrected chi connectivity index (χ0v) is 17.6. The highest BCUT2D eigenvalue weighted by molar-refractivity contribution is 5.78. The standard InChI is InChI=1S/C24H29N3O3/c1-18(23-15-19-7-5-6-10-22(19)30-23)26(2)24(28)25-16-20-8-3-4-9-21(20)17-27-11-13-29-14-12-27/h3-10,15,18H,11-14,16-17H2,1-2H3,(H,25,28)/t18-/m1/s1. The number of hydrogen-bond donors (Lipinski definition) is 1. The fraction of sp³-hybridized carbons (Fsp3) is 0.375. The highest BCUT2D eigenvalue weighted by Crippen LogP contribution is 2.26. The number of carbonyl (C=O) groups excluding carboxylic acids is 1. The molecule has 158 valence electrons. The minimum atomic E-state index is -0.166. The van der Waals surface area contributed by atoms with Gasteiger partial charge in [0.05, 0.1) is 19.3 Å². The highest BCUT2D eigenvalue weighted by atomic mass is 16.5. The van der Waals surface area contributed by atoms with E-state index in [1.54, 1.807) is 11.9 Å². The van der Waals surface area contributed by atoms with Crippen molar-refractivity contribution in [2.75, 3.05) is 33.4 Å². The second-order valence-electron chi connectivity index (χ2n) is 7.79. The molecule has 1 N–H and O–H groups in total. The number of rotatable bonds is 6. The molecule has 6 heteroatoms. The number of furan rings is 1. The summed E-state index contributed by atoms with van der Waals surface area (Å²) < 4.78 is 11.4. The third-order valence-corrected chi connectivity index (χ3v) is 5.80. The fourth-order valence-corrected chi connectivity index (χ4v) is 3.75. The van der Waals surface area contributed by atoms with Crippen LogP contribution in [-0.2, 0) is 17.8 Å². The van der Waals surface area contributed by atoms with Crippen molar-refractivity contribution in [1.82, 2.24) is 15.1 Å². The molecule has 2 heterocycles. The Kier molecular flexibility index (Phi) is 6.35. The van der Waals surface area contributed by atoms with Crippen LogP contribution in [0.3, 0.4) is 0 Å². The lowest BCUT2D eigenvalue weighted by Gasteiger charge is -2.28. The zero-order valence-electron chi connectivity index (χ0n) is 17.6. The van der Waals surface area contributed by atoms with Gasteiger partial charge in [0.1, 0.15) is 11.3 Å². The Labute approximate surface area is 177 Å². The minimum absolute atomic E-state index is 0.121. The van der Waals surface area contributed by atoms with Crippen molar-refractivity contribution in [3.8, 4) is 0 Å². The van der Waals surface area contributed by atoms with Crippen LogP contribution in [0.4, 0.5) is 4.79 Å². The zero-order chi connectivity index (χ0) is 20.9. The third-order valence-electron chi connectivity index (χ3n) is 5.80. The Balaban J connectivity index is 1.38. The van der Waals surface area contributed by atoms with Crippen molar-refractivity contribution in [3.63, 3.8) is 0 Å². The van der Waals surface area contributed by atoms with Crippen LogP contribution >= 0.6 is 0 Å². The van der Waals surface area contributed by atoms with Gasteiger partial charge in [-0.2, -0.15) is 0 Å². The molecule has 1 aliphatic heterocycles. The smallest absolute Gasteiger partial charge is 0.318 e. The molecule has 0 radical (unpaired) electrons. The lowest BCUT2D eigenvalue weighted by molar-refractivity contribution is 0.0340. The first kappa shape index (κ1) is 20.4. The minimum Gasteiger partial charge on any atom is -0.459 e. The fourth-order valence-electron chi connectivity index (χ4n) is 3.75. The van der Waals surface area contributed by atoms with E-state index in [1.165, 1.54) is 5.56 Å². The SMILES string of the molecule is C[C@H](c1cc2ccccc2o1)N(C)C(=O)NCc1ccccc1CN1CCOCC1. The van der Waals surface area contributed by atoms with E-state index in [0.717, 1.165) is 55.1 Å².